The fourth-order valence-corrected chi connectivity index (χ4v) is 3.29. The van der Waals surface area contributed by atoms with Crippen LogP contribution < -0.4 is 11.1 Å². The van der Waals surface area contributed by atoms with Crippen molar-refractivity contribution in [3.63, 3.8) is 0 Å². The molecule has 1 unspecified atom stereocenters. The highest BCUT2D eigenvalue weighted by atomic mass is 32.2. The lowest BCUT2D eigenvalue weighted by atomic mass is 10.1. The molecule has 1 aliphatic rings. The molecule has 2 heterocycles. The number of aromatic carboxylic acids is 1. The Morgan fingerprint density at radius 3 is 3.11 bits per heavy atom. The Morgan fingerprint density at radius 2 is 2.50 bits per heavy atom. The summed E-state index contributed by atoms with van der Waals surface area (Å²) in [5, 5.41) is 12.3. The molecule has 0 aliphatic carbocycles. The minimum Gasteiger partial charge on any atom is -0.478 e. The summed E-state index contributed by atoms with van der Waals surface area (Å²) >= 11 is 1.93. The van der Waals surface area contributed by atoms with Crippen LogP contribution in [0.15, 0.2) is 12.3 Å². The number of nitrogens with zero attached hydrogens (tertiary/aromatic N) is 1. The molecule has 0 aromatic carbocycles. The van der Waals surface area contributed by atoms with E-state index in [9.17, 15) is 4.79 Å². The first-order valence-corrected chi connectivity index (χ1v) is 6.85. The van der Waals surface area contributed by atoms with Crippen LogP contribution >= 0.6 is 11.8 Å². The Hall–Kier alpha value is -1.43. The average molecular weight is 267 g/mol. The van der Waals surface area contributed by atoms with Crippen molar-refractivity contribution in [3.8, 4) is 0 Å². The number of thioether (sulfide) groups is 1. The molecular weight excluding hydrogens is 250 g/mol. The molecule has 5 nitrogen and oxygen atoms in total. The van der Waals surface area contributed by atoms with Crippen molar-refractivity contribution in [2.75, 3.05) is 23.3 Å². The Kier molecular flexibility index (Phi) is 3.65. The molecule has 0 amide bonds. The third-order valence-electron chi connectivity index (χ3n) is 3.11. The molecule has 4 N–H and O–H groups in total. The molecule has 6 heteroatoms. The number of hydrogen-bond acceptors (Lipinski definition) is 5. The summed E-state index contributed by atoms with van der Waals surface area (Å²) in [7, 11) is 0. The Balaban J connectivity index is 2.11. The minimum absolute atomic E-state index is 0.175. The maximum Gasteiger partial charge on any atom is 0.337 e. The van der Waals surface area contributed by atoms with Crippen LogP contribution in [0.2, 0.25) is 0 Å². The first-order valence-electron chi connectivity index (χ1n) is 5.87. The minimum atomic E-state index is -0.990. The normalized spacial score (nSPS) is 22.9. The van der Waals surface area contributed by atoms with Gasteiger partial charge in [-0.25, -0.2) is 9.78 Å². The zero-order valence-electron chi connectivity index (χ0n) is 10.3. The summed E-state index contributed by atoms with van der Waals surface area (Å²) in [6.07, 6.45) is 3.85. The Bertz CT molecular complexity index is 459. The predicted molar refractivity (Wildman–Crippen MR) is 74.2 cm³/mol. The van der Waals surface area contributed by atoms with Crippen molar-refractivity contribution in [1.82, 2.24) is 4.98 Å². The van der Waals surface area contributed by atoms with Gasteiger partial charge in [0.25, 0.3) is 0 Å². The number of carboxylic acids is 1. The van der Waals surface area contributed by atoms with Crippen LogP contribution in [0.3, 0.4) is 0 Å². The third-order valence-corrected chi connectivity index (χ3v) is 4.65. The molecule has 0 bridgehead atoms. The maximum absolute atomic E-state index is 11.1. The zero-order chi connectivity index (χ0) is 13.2. The molecule has 2 rings (SSSR count). The maximum atomic E-state index is 11.1. The fourth-order valence-electron chi connectivity index (χ4n) is 2.05. The Morgan fingerprint density at radius 1 is 1.72 bits per heavy atom. The van der Waals surface area contributed by atoms with Crippen LogP contribution in [0, 0.1) is 0 Å². The average Bonchev–Trinajstić information content (AvgIpc) is 2.75. The summed E-state index contributed by atoms with van der Waals surface area (Å²) in [5.41, 5.74) is 6.21. The third kappa shape index (κ3) is 2.87. The first kappa shape index (κ1) is 13.0. The lowest BCUT2D eigenvalue weighted by Gasteiger charge is -2.24. The van der Waals surface area contributed by atoms with Crippen LogP contribution in [-0.2, 0) is 0 Å². The number of pyridine rings is 1. The van der Waals surface area contributed by atoms with Crippen molar-refractivity contribution < 1.29 is 9.90 Å². The number of nitrogens with two attached hydrogens (primary N) is 1. The number of carboxylic acid groups (broad SMARTS) is 1. The summed E-state index contributed by atoms with van der Waals surface area (Å²) in [6, 6.07) is 1.38. The lowest BCUT2D eigenvalue weighted by molar-refractivity contribution is 0.0698. The molecule has 1 aromatic rings. The number of nitrogens with one attached hydrogen (secondary N) is 1. The van der Waals surface area contributed by atoms with Gasteiger partial charge < -0.3 is 16.2 Å². The predicted octanol–water partition coefficient (Wildman–Crippen LogP) is 2.06. The van der Waals surface area contributed by atoms with Gasteiger partial charge in [-0.1, -0.05) is 0 Å². The van der Waals surface area contributed by atoms with Crippen LogP contribution in [-0.4, -0.2) is 33.1 Å². The number of anilines is 2. The number of aromatic nitrogens is 1. The van der Waals surface area contributed by atoms with Gasteiger partial charge in [0.2, 0.25) is 0 Å². The number of hydrogen-bond donors (Lipinski definition) is 3. The van der Waals surface area contributed by atoms with Crippen molar-refractivity contribution in [3.05, 3.63) is 17.8 Å². The van der Waals surface area contributed by atoms with Crippen LogP contribution in [0.4, 0.5) is 11.5 Å². The molecule has 1 aliphatic heterocycles. The molecule has 18 heavy (non-hydrogen) atoms. The summed E-state index contributed by atoms with van der Waals surface area (Å²) < 4.78 is 0.178. The zero-order valence-corrected chi connectivity index (χ0v) is 11.1. The molecule has 1 aromatic heterocycles. The van der Waals surface area contributed by atoms with E-state index in [0.717, 1.165) is 13.0 Å². The second-order valence-electron chi connectivity index (χ2n) is 4.72. The van der Waals surface area contributed by atoms with E-state index in [-0.39, 0.29) is 16.1 Å². The molecule has 1 fully saturated rings. The lowest BCUT2D eigenvalue weighted by Crippen LogP contribution is -2.27. The second-order valence-corrected chi connectivity index (χ2v) is 6.40. The highest BCUT2D eigenvalue weighted by Gasteiger charge is 2.29. The van der Waals surface area contributed by atoms with Gasteiger partial charge in [0.1, 0.15) is 5.82 Å². The molecule has 1 saturated heterocycles. The van der Waals surface area contributed by atoms with Crippen LogP contribution in [0.25, 0.3) is 0 Å². The van der Waals surface area contributed by atoms with Gasteiger partial charge in [-0.15, -0.1) is 0 Å². The highest BCUT2D eigenvalue weighted by Crippen LogP contribution is 2.37. The number of carbonyl (C=O) groups is 1. The monoisotopic (exact) mass is 267 g/mol. The summed E-state index contributed by atoms with van der Waals surface area (Å²) in [6.45, 7) is 2.94. The van der Waals surface area contributed by atoms with E-state index in [1.54, 1.807) is 0 Å². The van der Waals surface area contributed by atoms with E-state index in [0.29, 0.717) is 5.69 Å². The summed E-state index contributed by atoms with van der Waals surface area (Å²) in [5.74, 6) is 0.402. The largest absolute Gasteiger partial charge is 0.478 e. The van der Waals surface area contributed by atoms with E-state index in [2.05, 4.69) is 17.2 Å². The molecule has 1 atom stereocenters. The van der Waals surface area contributed by atoms with Crippen molar-refractivity contribution >= 4 is 29.2 Å². The summed E-state index contributed by atoms with van der Waals surface area (Å²) in [4.78, 5) is 15.1. The number of rotatable bonds is 4. The smallest absolute Gasteiger partial charge is 0.337 e. The fraction of sp³-hybridized carbons (Fsp3) is 0.500. The van der Waals surface area contributed by atoms with Crippen molar-refractivity contribution in [2.24, 2.45) is 0 Å². The van der Waals surface area contributed by atoms with Crippen LogP contribution in [0.5, 0.6) is 0 Å². The molecule has 0 radical (unpaired) electrons. The van der Waals surface area contributed by atoms with Gasteiger partial charge in [0.05, 0.1) is 17.4 Å². The molecule has 0 saturated carbocycles. The second kappa shape index (κ2) is 5.06. The molecular formula is C12H17N3O2S. The Labute approximate surface area is 110 Å². The van der Waals surface area contributed by atoms with Crippen LogP contribution in [0.1, 0.15) is 30.1 Å². The van der Waals surface area contributed by atoms with Crippen molar-refractivity contribution in [1.29, 1.82) is 0 Å². The topological polar surface area (TPSA) is 88.2 Å². The van der Waals surface area contributed by atoms with Gasteiger partial charge in [0.15, 0.2) is 0 Å². The van der Waals surface area contributed by atoms with Gasteiger partial charge in [-0.3, -0.25) is 0 Å². The number of nitrogen functional groups attached to an aromatic ring is 1. The van der Waals surface area contributed by atoms with Gasteiger partial charge >= 0.3 is 5.97 Å². The van der Waals surface area contributed by atoms with Gasteiger partial charge in [-0.05, 0) is 31.6 Å². The van der Waals surface area contributed by atoms with Crippen molar-refractivity contribution in [2.45, 2.75) is 24.5 Å². The molecule has 0 spiro atoms. The standard InChI is InChI=1S/C12H17N3O2S/c1-12(3-2-4-18-12)7-15-9-6-14-10(13)5-8(9)11(16)17/h5-6,15H,2-4,7H2,1H3,(H2,13,14)(H,16,17). The van der Waals surface area contributed by atoms with E-state index in [4.69, 9.17) is 10.8 Å². The van der Waals surface area contributed by atoms with E-state index < -0.39 is 5.97 Å². The van der Waals surface area contributed by atoms with E-state index in [1.807, 2.05) is 11.8 Å². The highest BCUT2D eigenvalue weighted by molar-refractivity contribution is 8.00. The SMILES string of the molecule is CC1(CNc2cnc(N)cc2C(=O)O)CCCS1. The van der Waals surface area contributed by atoms with Gasteiger partial charge in [0, 0.05) is 11.3 Å². The first-order chi connectivity index (χ1) is 8.50. The van der Waals surface area contributed by atoms with E-state index in [1.165, 1.54) is 24.4 Å². The van der Waals surface area contributed by atoms with Gasteiger partial charge in [-0.2, -0.15) is 11.8 Å². The molecule has 98 valence electrons. The van der Waals surface area contributed by atoms with E-state index >= 15 is 0 Å². The quantitative estimate of drug-likeness (QED) is 0.774.